The molecular weight excluding hydrogens is 742 g/mol. The number of pyridine rings is 2. The summed E-state index contributed by atoms with van der Waals surface area (Å²) < 4.78 is 19.8. The molecule has 11 nitrogen and oxygen atoms in total. The van der Waals surface area contributed by atoms with Crippen molar-refractivity contribution in [2.75, 3.05) is 32.8 Å². The predicted molar refractivity (Wildman–Crippen MR) is 219 cm³/mol. The fourth-order valence-corrected chi connectivity index (χ4v) is 7.69. The largest absolute Gasteiger partial charge is 0.489 e. The molecule has 4 aromatic rings. The maximum atomic E-state index is 12.2. The first-order chi connectivity index (χ1) is 27.7. The van der Waals surface area contributed by atoms with Crippen LogP contribution in [-0.4, -0.2) is 75.5 Å². The van der Waals surface area contributed by atoms with Gasteiger partial charge in [-0.1, -0.05) is 67.4 Å². The van der Waals surface area contributed by atoms with Gasteiger partial charge in [0.2, 0.25) is 0 Å². The minimum Gasteiger partial charge on any atom is -0.489 e. The number of rotatable bonds is 18. The Morgan fingerprint density at radius 1 is 1.12 bits per heavy atom. The zero-order chi connectivity index (χ0) is 40.2. The molecule has 57 heavy (non-hydrogen) atoms. The van der Waals surface area contributed by atoms with E-state index in [1.54, 1.807) is 36.7 Å². The molecule has 3 heterocycles. The average Bonchev–Trinajstić information content (AvgIpc) is 3.23. The number of piperidine rings is 1. The minimum absolute atomic E-state index is 0.108. The number of aliphatic hydroxyl groups excluding tert-OH is 1. The number of hydrogen-bond acceptors (Lipinski definition) is 10. The van der Waals surface area contributed by atoms with Crippen molar-refractivity contribution in [3.05, 3.63) is 136 Å². The van der Waals surface area contributed by atoms with Crippen LogP contribution >= 0.6 is 11.6 Å². The first-order valence-corrected chi connectivity index (χ1v) is 19.8. The van der Waals surface area contributed by atoms with Gasteiger partial charge in [-0.15, -0.1) is 0 Å². The molecule has 2 aromatic heterocycles. The van der Waals surface area contributed by atoms with Crippen molar-refractivity contribution in [2.45, 2.75) is 70.4 Å². The van der Waals surface area contributed by atoms with Crippen LogP contribution in [0.4, 0.5) is 0 Å². The third-order valence-corrected chi connectivity index (χ3v) is 11.0. The van der Waals surface area contributed by atoms with Crippen LogP contribution < -0.4 is 14.8 Å². The zero-order valence-corrected chi connectivity index (χ0v) is 33.2. The quantitative estimate of drug-likeness (QED) is 0.0862. The number of hydrogen-bond donors (Lipinski definition) is 3. The number of likely N-dealkylation sites (tertiary alicyclic amines) is 1. The molecule has 6 rings (SSSR count). The van der Waals surface area contributed by atoms with Gasteiger partial charge in [-0.2, -0.15) is 5.26 Å². The van der Waals surface area contributed by atoms with Crippen molar-refractivity contribution >= 4 is 23.1 Å². The number of carbonyl (C=O) groups is 1. The van der Waals surface area contributed by atoms with Crippen LogP contribution in [0.2, 0.25) is 5.02 Å². The van der Waals surface area contributed by atoms with Crippen molar-refractivity contribution in [3.63, 3.8) is 0 Å². The summed E-state index contributed by atoms with van der Waals surface area (Å²) >= 11 is 6.99. The first kappa shape index (κ1) is 41.5. The van der Waals surface area contributed by atoms with Crippen LogP contribution in [0.5, 0.6) is 11.5 Å². The second-order valence-corrected chi connectivity index (χ2v) is 15.0. The van der Waals surface area contributed by atoms with Gasteiger partial charge in [-0.05, 0) is 86.3 Å². The maximum absolute atomic E-state index is 12.2. The molecule has 3 N–H and O–H groups in total. The molecule has 3 unspecified atom stereocenters. The highest BCUT2D eigenvalue weighted by Crippen LogP contribution is 2.42. The van der Waals surface area contributed by atoms with E-state index in [1.807, 2.05) is 35.2 Å². The number of nitrogens with one attached hydrogen (secondary N) is 1. The van der Waals surface area contributed by atoms with Gasteiger partial charge in [-0.25, -0.2) is 0 Å². The number of carboxylic acids is 1. The number of benzene rings is 2. The molecule has 0 spiro atoms. The van der Waals surface area contributed by atoms with E-state index >= 15 is 0 Å². The Hall–Kier alpha value is -5.09. The number of aromatic nitrogens is 2. The van der Waals surface area contributed by atoms with Gasteiger partial charge in [0.15, 0.2) is 0 Å². The van der Waals surface area contributed by atoms with Crippen molar-refractivity contribution in [1.29, 1.82) is 5.26 Å². The molecule has 1 fully saturated rings. The highest BCUT2D eigenvalue weighted by Gasteiger charge is 2.40. The van der Waals surface area contributed by atoms with Crippen molar-refractivity contribution in [2.24, 2.45) is 5.92 Å². The van der Waals surface area contributed by atoms with Gasteiger partial charge in [-0.3, -0.25) is 19.7 Å². The van der Waals surface area contributed by atoms with E-state index in [0.717, 1.165) is 35.1 Å². The van der Waals surface area contributed by atoms with Crippen molar-refractivity contribution < 1.29 is 29.2 Å². The Morgan fingerprint density at radius 2 is 1.96 bits per heavy atom. The van der Waals surface area contributed by atoms with E-state index in [1.165, 1.54) is 6.20 Å². The van der Waals surface area contributed by atoms with Crippen molar-refractivity contribution in [1.82, 2.24) is 20.2 Å². The second-order valence-electron chi connectivity index (χ2n) is 14.6. The van der Waals surface area contributed by atoms with Crippen LogP contribution in [-0.2, 0) is 22.7 Å². The van der Waals surface area contributed by atoms with E-state index in [4.69, 9.17) is 25.8 Å². The van der Waals surface area contributed by atoms with E-state index in [-0.39, 0.29) is 19.1 Å². The number of nitriles is 1. The van der Waals surface area contributed by atoms with Crippen LogP contribution in [0, 0.1) is 24.2 Å². The van der Waals surface area contributed by atoms with E-state index in [0.29, 0.717) is 79.0 Å². The summed E-state index contributed by atoms with van der Waals surface area (Å²) in [5.41, 5.74) is 5.04. The molecule has 0 amide bonds. The zero-order valence-electron chi connectivity index (χ0n) is 32.4. The molecule has 1 saturated heterocycles. The molecule has 1 aliphatic carbocycles. The fourth-order valence-electron chi connectivity index (χ4n) is 7.45. The molecule has 12 heteroatoms. The minimum atomic E-state index is -0.866. The molecule has 298 valence electrons. The lowest BCUT2D eigenvalue weighted by atomic mass is 9.76. The lowest BCUT2D eigenvalue weighted by molar-refractivity contribution is -0.144. The average molecular weight is 792 g/mol. The molecule has 0 saturated carbocycles. The van der Waals surface area contributed by atoms with Gasteiger partial charge in [0.1, 0.15) is 48.5 Å². The van der Waals surface area contributed by atoms with Crippen LogP contribution in [0.3, 0.4) is 0 Å². The van der Waals surface area contributed by atoms with E-state index < -0.39 is 23.7 Å². The van der Waals surface area contributed by atoms with Gasteiger partial charge in [0.25, 0.3) is 0 Å². The molecule has 2 aromatic carbocycles. The normalized spacial score (nSPS) is 20.0. The Kier molecular flexibility index (Phi) is 14.5. The van der Waals surface area contributed by atoms with Crippen LogP contribution in [0.1, 0.15) is 72.2 Å². The highest BCUT2D eigenvalue weighted by atomic mass is 35.5. The van der Waals surface area contributed by atoms with Crippen molar-refractivity contribution in [3.8, 4) is 17.6 Å². The standard InChI is InChI=1S/C45H50ClN5O6/c1-31-11-3-4-12-36(31)37-13-9-16-45(32(37)2,57-20-10-17-48-27-41(52)39-14-5-7-18-50-39)30-56-43-23-42(55-29-34-21-33(24-47)25-49-26-34)35(22-38(43)46)28-51-19-8-6-15-40(51)44(53)54/h3-5,7,9,11-14,16,18,21-23,25-26,32,40-41,48,52H,6,8,10,15,17,19-20,27-30H2,1-2H3,(H,53,54)/t32?,40-,41?,45?/m0/s1. The third kappa shape index (κ3) is 10.7. The number of ether oxygens (including phenoxy) is 3. The number of aliphatic carboxylic acids is 1. The Morgan fingerprint density at radius 3 is 2.75 bits per heavy atom. The SMILES string of the molecule is Cc1ccccc1C1=CC=CC(COc2cc(OCc3cncc(C#N)c3)c(CN3CCCC[C@H]3C(=O)O)cc2Cl)(OCCCNCC(O)c2ccccn2)C1C. The summed E-state index contributed by atoms with van der Waals surface area (Å²) in [6.07, 6.45) is 13.3. The van der Waals surface area contributed by atoms with E-state index in [9.17, 15) is 20.3 Å². The number of halogens is 1. The summed E-state index contributed by atoms with van der Waals surface area (Å²) in [4.78, 5) is 22.5. The second kappa shape index (κ2) is 19.9. The number of allylic oxidation sites excluding steroid dienone is 2. The molecule has 2 aliphatic rings. The topological polar surface area (TPSA) is 150 Å². The number of aliphatic hydroxyl groups is 1. The Bertz CT molecular complexity index is 2090. The van der Waals surface area contributed by atoms with Gasteiger partial charge in [0.05, 0.1) is 16.3 Å². The molecule has 0 radical (unpaired) electrons. The van der Waals surface area contributed by atoms with Gasteiger partial charge < -0.3 is 29.7 Å². The Labute approximate surface area is 339 Å². The van der Waals surface area contributed by atoms with Gasteiger partial charge >= 0.3 is 5.97 Å². The summed E-state index contributed by atoms with van der Waals surface area (Å²) in [6, 6.07) is 20.6. The molecule has 1 aliphatic heterocycles. The number of carboxylic acid groups (broad SMARTS) is 1. The lowest BCUT2D eigenvalue weighted by Gasteiger charge is -2.40. The lowest BCUT2D eigenvalue weighted by Crippen LogP contribution is -2.45. The van der Waals surface area contributed by atoms with Gasteiger partial charge in [0, 0.05) is 61.4 Å². The maximum Gasteiger partial charge on any atom is 0.320 e. The fraction of sp³-hybridized carbons (Fsp3) is 0.378. The molecule has 4 atom stereocenters. The number of aryl methyl sites for hydroxylation is 1. The first-order valence-electron chi connectivity index (χ1n) is 19.5. The molecule has 0 bridgehead atoms. The predicted octanol–water partition coefficient (Wildman–Crippen LogP) is 7.47. The molecular formula is C45H50ClN5O6. The van der Waals surface area contributed by atoms with Crippen LogP contribution in [0.25, 0.3) is 5.57 Å². The number of nitrogens with zero attached hydrogens (tertiary/aromatic N) is 4. The van der Waals surface area contributed by atoms with E-state index in [2.05, 4.69) is 59.5 Å². The monoisotopic (exact) mass is 791 g/mol. The summed E-state index contributed by atoms with van der Waals surface area (Å²) in [5.74, 6) is -0.0653. The third-order valence-electron chi connectivity index (χ3n) is 10.7. The summed E-state index contributed by atoms with van der Waals surface area (Å²) in [5, 5.41) is 33.6. The summed E-state index contributed by atoms with van der Waals surface area (Å²) in [6.45, 7) is 6.90. The summed E-state index contributed by atoms with van der Waals surface area (Å²) in [7, 11) is 0. The highest BCUT2D eigenvalue weighted by molar-refractivity contribution is 6.32. The Balaban J connectivity index is 1.22. The van der Waals surface area contributed by atoms with Crippen LogP contribution in [0.15, 0.2) is 97.5 Å². The smallest absolute Gasteiger partial charge is 0.320 e.